The molecule has 0 bridgehead atoms. The van der Waals surface area contributed by atoms with Gasteiger partial charge in [-0.3, -0.25) is 10.1 Å². The Morgan fingerprint density at radius 1 is 1.59 bits per heavy atom. The summed E-state index contributed by atoms with van der Waals surface area (Å²) >= 11 is 3.25. The molecule has 1 aromatic heterocycles. The van der Waals surface area contributed by atoms with E-state index >= 15 is 0 Å². The number of nitrogens with one attached hydrogen (secondary N) is 1. The lowest BCUT2D eigenvalue weighted by Crippen LogP contribution is -2.33. The maximum absolute atomic E-state index is 10.8. The van der Waals surface area contributed by atoms with Crippen LogP contribution >= 0.6 is 23.1 Å². The van der Waals surface area contributed by atoms with Crippen molar-refractivity contribution in [2.75, 3.05) is 5.75 Å². The van der Waals surface area contributed by atoms with Gasteiger partial charge < -0.3 is 5.11 Å². The van der Waals surface area contributed by atoms with Gasteiger partial charge in [-0.2, -0.15) is 0 Å². The summed E-state index contributed by atoms with van der Waals surface area (Å²) in [5.74, 6) is -0.186. The first-order valence-corrected chi connectivity index (χ1v) is 7.37. The van der Waals surface area contributed by atoms with Gasteiger partial charge in [-0.15, -0.1) is 23.1 Å². The Kier molecular flexibility index (Phi) is 3.47. The molecule has 1 aliphatic rings. The van der Waals surface area contributed by atoms with Gasteiger partial charge in [0.15, 0.2) is 0 Å². The normalized spacial score (nSPS) is 25.1. The van der Waals surface area contributed by atoms with Gasteiger partial charge in [-0.1, -0.05) is 20.8 Å². The van der Waals surface area contributed by atoms with Gasteiger partial charge in [0.05, 0.1) is 16.1 Å². The topological polar surface area (TPSA) is 62.2 Å². The lowest BCUT2D eigenvalue weighted by molar-refractivity contribution is -0.138. The summed E-state index contributed by atoms with van der Waals surface area (Å²) in [6.07, 6.45) is 0. The smallest absolute Gasteiger partial charge is 0.321 e. The summed E-state index contributed by atoms with van der Waals surface area (Å²) in [5, 5.41) is 15.1. The minimum absolute atomic E-state index is 0.0171. The van der Waals surface area contributed by atoms with E-state index in [1.54, 1.807) is 23.1 Å². The van der Waals surface area contributed by atoms with Crippen molar-refractivity contribution in [2.24, 2.45) is 0 Å². The van der Waals surface area contributed by atoms with E-state index in [1.807, 2.05) is 5.38 Å². The Bertz CT molecular complexity index is 425. The van der Waals surface area contributed by atoms with E-state index in [2.05, 4.69) is 31.1 Å². The molecular weight excluding hydrogens is 256 g/mol. The molecule has 0 aliphatic carbocycles. The van der Waals surface area contributed by atoms with E-state index in [9.17, 15) is 4.79 Å². The molecule has 0 aromatic carbocycles. The Labute approximate surface area is 109 Å². The number of carboxylic acids is 1. The quantitative estimate of drug-likeness (QED) is 0.864. The summed E-state index contributed by atoms with van der Waals surface area (Å²) in [5.41, 5.74) is 1.01. The lowest BCUT2D eigenvalue weighted by Gasteiger charge is -2.14. The van der Waals surface area contributed by atoms with Crippen molar-refractivity contribution in [1.29, 1.82) is 0 Å². The second kappa shape index (κ2) is 4.59. The van der Waals surface area contributed by atoms with Crippen LogP contribution in [0.25, 0.3) is 0 Å². The molecule has 2 rings (SSSR count). The summed E-state index contributed by atoms with van der Waals surface area (Å²) in [4.78, 5) is 15.4. The molecular formula is C11H16N2O2S2. The molecule has 0 radical (unpaired) electrons. The van der Waals surface area contributed by atoms with Gasteiger partial charge in [-0.25, -0.2) is 4.98 Å². The van der Waals surface area contributed by atoms with E-state index < -0.39 is 12.0 Å². The average molecular weight is 272 g/mol. The van der Waals surface area contributed by atoms with E-state index in [-0.39, 0.29) is 10.8 Å². The zero-order chi connectivity index (χ0) is 12.6. The van der Waals surface area contributed by atoms with Crippen LogP contribution in [0.1, 0.15) is 36.8 Å². The Hall–Kier alpha value is -0.590. The fourth-order valence-corrected chi connectivity index (χ4v) is 3.73. The average Bonchev–Trinajstić information content (AvgIpc) is 2.85. The van der Waals surface area contributed by atoms with E-state index in [0.29, 0.717) is 5.75 Å². The van der Waals surface area contributed by atoms with Crippen molar-refractivity contribution in [2.45, 2.75) is 37.6 Å². The highest BCUT2D eigenvalue weighted by molar-refractivity contribution is 7.99. The lowest BCUT2D eigenvalue weighted by atomic mass is 9.98. The molecule has 2 N–H and O–H groups in total. The van der Waals surface area contributed by atoms with E-state index in [1.165, 1.54) is 0 Å². The molecule has 2 heterocycles. The van der Waals surface area contributed by atoms with Crippen molar-refractivity contribution < 1.29 is 9.90 Å². The maximum atomic E-state index is 10.8. The fourth-order valence-electron chi connectivity index (χ4n) is 1.54. The summed E-state index contributed by atoms with van der Waals surface area (Å²) in [6.45, 7) is 6.39. The Morgan fingerprint density at radius 2 is 2.29 bits per heavy atom. The largest absolute Gasteiger partial charge is 0.480 e. The molecule has 4 nitrogen and oxygen atoms in total. The first-order valence-electron chi connectivity index (χ1n) is 5.44. The van der Waals surface area contributed by atoms with Crippen LogP contribution < -0.4 is 5.32 Å². The molecule has 1 fully saturated rings. The van der Waals surface area contributed by atoms with Crippen LogP contribution in [0.5, 0.6) is 0 Å². The number of aromatic nitrogens is 1. The molecule has 0 amide bonds. The van der Waals surface area contributed by atoms with Gasteiger partial charge in [-0.05, 0) is 0 Å². The monoisotopic (exact) mass is 272 g/mol. The van der Waals surface area contributed by atoms with Gasteiger partial charge >= 0.3 is 5.97 Å². The zero-order valence-electron chi connectivity index (χ0n) is 10.1. The second-order valence-corrected chi connectivity index (χ2v) is 7.09. The van der Waals surface area contributed by atoms with Crippen LogP contribution in [-0.2, 0) is 10.2 Å². The minimum Gasteiger partial charge on any atom is -0.480 e. The maximum Gasteiger partial charge on any atom is 0.321 e. The van der Waals surface area contributed by atoms with Crippen molar-refractivity contribution in [1.82, 2.24) is 10.3 Å². The fraction of sp³-hybridized carbons (Fsp3) is 0.636. The van der Waals surface area contributed by atoms with E-state index in [0.717, 1.165) is 10.7 Å². The molecule has 2 atom stereocenters. The SMILES string of the molecule is CC(C)(C)c1nc(C2N[C@H](C(=O)O)CS2)cs1. The predicted octanol–water partition coefficient (Wildman–Crippen LogP) is 2.23. The van der Waals surface area contributed by atoms with E-state index in [4.69, 9.17) is 5.11 Å². The highest BCUT2D eigenvalue weighted by Gasteiger charge is 2.32. The molecule has 17 heavy (non-hydrogen) atoms. The van der Waals surface area contributed by atoms with Crippen molar-refractivity contribution >= 4 is 29.1 Å². The third-order valence-electron chi connectivity index (χ3n) is 2.51. The van der Waals surface area contributed by atoms with Crippen molar-refractivity contribution in [3.05, 3.63) is 16.1 Å². The first kappa shape index (κ1) is 12.9. The second-order valence-electron chi connectivity index (χ2n) is 5.10. The number of carboxylic acid groups (broad SMARTS) is 1. The number of nitrogens with zero attached hydrogens (tertiary/aromatic N) is 1. The molecule has 1 aliphatic heterocycles. The van der Waals surface area contributed by atoms with Gasteiger partial charge in [0, 0.05) is 16.5 Å². The van der Waals surface area contributed by atoms with Gasteiger partial charge in [0.25, 0.3) is 0 Å². The van der Waals surface area contributed by atoms with Crippen LogP contribution in [0.2, 0.25) is 0 Å². The third-order valence-corrected chi connectivity index (χ3v) is 5.04. The summed E-state index contributed by atoms with van der Waals surface area (Å²) < 4.78 is 0. The number of rotatable bonds is 2. The van der Waals surface area contributed by atoms with Crippen LogP contribution in [0, 0.1) is 0 Å². The standard InChI is InChI=1S/C11H16N2O2S2/c1-11(2,3)10-13-6(4-17-10)8-12-7(5-16-8)9(14)15/h4,7-8,12H,5H2,1-3H3,(H,14,15)/t7-,8?/m0/s1. The summed E-state index contributed by atoms with van der Waals surface area (Å²) in [6, 6.07) is -0.454. The molecule has 0 saturated carbocycles. The highest BCUT2D eigenvalue weighted by Crippen LogP contribution is 2.35. The van der Waals surface area contributed by atoms with Crippen LogP contribution in [0.15, 0.2) is 5.38 Å². The van der Waals surface area contributed by atoms with Gasteiger partial charge in [0.2, 0.25) is 0 Å². The number of hydrogen-bond acceptors (Lipinski definition) is 5. The first-order chi connectivity index (χ1) is 7.88. The number of thioether (sulfide) groups is 1. The Balaban J connectivity index is 2.10. The Morgan fingerprint density at radius 3 is 2.76 bits per heavy atom. The molecule has 6 heteroatoms. The zero-order valence-corrected chi connectivity index (χ0v) is 11.7. The number of hydrogen-bond donors (Lipinski definition) is 2. The molecule has 1 aromatic rings. The summed E-state index contributed by atoms with van der Waals surface area (Å²) in [7, 11) is 0. The van der Waals surface area contributed by atoms with Crippen LogP contribution in [0.4, 0.5) is 0 Å². The molecule has 1 saturated heterocycles. The van der Waals surface area contributed by atoms with Crippen molar-refractivity contribution in [3.63, 3.8) is 0 Å². The minimum atomic E-state index is -0.786. The number of thiazole rings is 1. The predicted molar refractivity (Wildman–Crippen MR) is 70.6 cm³/mol. The van der Waals surface area contributed by atoms with Crippen LogP contribution in [0.3, 0.4) is 0 Å². The van der Waals surface area contributed by atoms with Crippen LogP contribution in [-0.4, -0.2) is 27.9 Å². The number of aliphatic carboxylic acids is 1. The van der Waals surface area contributed by atoms with Crippen molar-refractivity contribution in [3.8, 4) is 0 Å². The molecule has 1 unspecified atom stereocenters. The molecule has 0 spiro atoms. The van der Waals surface area contributed by atoms with Gasteiger partial charge in [0.1, 0.15) is 6.04 Å². The molecule has 94 valence electrons. The highest BCUT2D eigenvalue weighted by atomic mass is 32.2. The number of carbonyl (C=O) groups is 1. The third kappa shape index (κ3) is 2.81.